The SMILES string of the molecule is C=C(C)C(=O)NCCCC(C)(C)S(=O)(=O)O. The van der Waals surface area contributed by atoms with Gasteiger partial charge in [0.15, 0.2) is 0 Å². The minimum atomic E-state index is -4.05. The molecule has 0 aromatic rings. The van der Waals surface area contributed by atoms with E-state index in [1.165, 1.54) is 13.8 Å². The molecule has 0 aliphatic heterocycles. The first-order valence-electron chi connectivity index (χ1n) is 4.98. The summed E-state index contributed by atoms with van der Waals surface area (Å²) in [6.45, 7) is 8.33. The molecule has 0 bridgehead atoms. The van der Waals surface area contributed by atoms with Gasteiger partial charge in [0.05, 0.1) is 4.75 Å². The highest BCUT2D eigenvalue weighted by Crippen LogP contribution is 2.20. The third-order valence-electron chi connectivity index (χ3n) is 2.33. The molecule has 0 fully saturated rings. The maximum atomic E-state index is 11.1. The first-order valence-corrected chi connectivity index (χ1v) is 6.42. The summed E-state index contributed by atoms with van der Waals surface area (Å²) in [5.74, 6) is -0.246. The van der Waals surface area contributed by atoms with E-state index < -0.39 is 14.9 Å². The fourth-order valence-corrected chi connectivity index (χ4v) is 1.40. The minimum absolute atomic E-state index is 0.246. The Morgan fingerprint density at radius 3 is 2.31 bits per heavy atom. The third-order valence-corrected chi connectivity index (χ3v) is 3.93. The number of hydrogen-bond donors (Lipinski definition) is 2. The molecule has 0 saturated carbocycles. The van der Waals surface area contributed by atoms with Gasteiger partial charge in [0.2, 0.25) is 5.91 Å². The summed E-state index contributed by atoms with van der Waals surface area (Å²) in [4.78, 5) is 11.1. The molecule has 0 aromatic carbocycles. The van der Waals surface area contributed by atoms with E-state index in [-0.39, 0.29) is 12.3 Å². The lowest BCUT2D eigenvalue weighted by Crippen LogP contribution is -2.33. The van der Waals surface area contributed by atoms with Crippen molar-refractivity contribution in [2.75, 3.05) is 6.54 Å². The van der Waals surface area contributed by atoms with Crippen LogP contribution in [-0.4, -0.2) is 30.2 Å². The van der Waals surface area contributed by atoms with E-state index in [1.54, 1.807) is 6.92 Å². The lowest BCUT2D eigenvalue weighted by atomic mass is 10.1. The van der Waals surface area contributed by atoms with Crippen LogP contribution in [0.25, 0.3) is 0 Å². The third kappa shape index (κ3) is 4.76. The van der Waals surface area contributed by atoms with Crippen LogP contribution in [0.15, 0.2) is 12.2 Å². The van der Waals surface area contributed by atoms with Crippen molar-refractivity contribution in [1.29, 1.82) is 0 Å². The molecule has 0 heterocycles. The fraction of sp³-hybridized carbons (Fsp3) is 0.700. The lowest BCUT2D eigenvalue weighted by Gasteiger charge is -2.20. The number of hydrogen-bond acceptors (Lipinski definition) is 3. The molecule has 16 heavy (non-hydrogen) atoms. The van der Waals surface area contributed by atoms with Crippen LogP contribution in [0, 0.1) is 0 Å². The van der Waals surface area contributed by atoms with Crippen LogP contribution < -0.4 is 5.32 Å². The summed E-state index contributed by atoms with van der Waals surface area (Å²) >= 11 is 0. The summed E-state index contributed by atoms with van der Waals surface area (Å²) in [6, 6.07) is 0. The van der Waals surface area contributed by atoms with Crippen molar-refractivity contribution < 1.29 is 17.8 Å². The molecule has 0 unspecified atom stereocenters. The van der Waals surface area contributed by atoms with Gasteiger partial charge < -0.3 is 5.32 Å². The molecule has 0 aliphatic carbocycles. The Morgan fingerprint density at radius 2 is 1.94 bits per heavy atom. The Morgan fingerprint density at radius 1 is 1.44 bits per heavy atom. The van der Waals surface area contributed by atoms with Crippen LogP contribution >= 0.6 is 0 Å². The van der Waals surface area contributed by atoms with Crippen molar-refractivity contribution >= 4 is 16.0 Å². The lowest BCUT2D eigenvalue weighted by molar-refractivity contribution is -0.117. The second-order valence-electron chi connectivity index (χ2n) is 4.37. The van der Waals surface area contributed by atoms with Crippen LogP contribution in [0.2, 0.25) is 0 Å². The Bertz CT molecular complexity index is 370. The van der Waals surface area contributed by atoms with Crippen molar-refractivity contribution in [3.8, 4) is 0 Å². The Hall–Kier alpha value is -0.880. The number of carbonyl (C=O) groups excluding carboxylic acids is 1. The normalized spacial score (nSPS) is 12.2. The summed E-state index contributed by atoms with van der Waals surface area (Å²) in [5.41, 5.74) is 0.411. The van der Waals surface area contributed by atoms with Gasteiger partial charge in [0, 0.05) is 12.1 Å². The zero-order valence-electron chi connectivity index (χ0n) is 9.91. The number of carbonyl (C=O) groups is 1. The Labute approximate surface area is 96.7 Å². The van der Waals surface area contributed by atoms with E-state index in [4.69, 9.17) is 4.55 Å². The largest absolute Gasteiger partial charge is 0.352 e. The van der Waals surface area contributed by atoms with Crippen molar-refractivity contribution in [2.24, 2.45) is 0 Å². The predicted molar refractivity (Wildman–Crippen MR) is 62.7 cm³/mol. The fourth-order valence-electron chi connectivity index (χ4n) is 0.996. The first-order chi connectivity index (χ1) is 7.08. The molecule has 0 spiro atoms. The number of amides is 1. The molecule has 0 rings (SSSR count). The maximum absolute atomic E-state index is 11.1. The predicted octanol–water partition coefficient (Wildman–Crippen LogP) is 1.13. The van der Waals surface area contributed by atoms with Crippen molar-refractivity contribution in [3.63, 3.8) is 0 Å². The quantitative estimate of drug-likeness (QED) is 0.420. The van der Waals surface area contributed by atoms with Crippen LogP contribution in [-0.2, 0) is 14.9 Å². The summed E-state index contributed by atoms with van der Waals surface area (Å²) in [5, 5.41) is 2.59. The molecule has 0 aliphatic rings. The molecular formula is C10H19NO4S. The molecule has 0 atom stereocenters. The van der Waals surface area contributed by atoms with E-state index in [2.05, 4.69) is 11.9 Å². The maximum Gasteiger partial charge on any atom is 0.270 e. The van der Waals surface area contributed by atoms with Crippen molar-refractivity contribution in [1.82, 2.24) is 5.32 Å². The molecule has 0 saturated heterocycles. The van der Waals surface area contributed by atoms with Crippen LogP contribution in [0.5, 0.6) is 0 Å². The Balaban J connectivity index is 4.02. The topological polar surface area (TPSA) is 83.5 Å². The smallest absolute Gasteiger partial charge is 0.270 e. The van der Waals surface area contributed by atoms with Gasteiger partial charge in [0.25, 0.3) is 10.1 Å². The monoisotopic (exact) mass is 249 g/mol. The van der Waals surface area contributed by atoms with Crippen LogP contribution in [0.4, 0.5) is 0 Å². The average molecular weight is 249 g/mol. The summed E-state index contributed by atoms with van der Waals surface area (Å²) in [6.07, 6.45) is 0.758. The van der Waals surface area contributed by atoms with E-state index >= 15 is 0 Å². The summed E-state index contributed by atoms with van der Waals surface area (Å²) in [7, 11) is -4.05. The molecule has 2 N–H and O–H groups in total. The average Bonchev–Trinajstić information content (AvgIpc) is 2.09. The van der Waals surface area contributed by atoms with E-state index in [0.29, 0.717) is 18.5 Å². The second-order valence-corrected chi connectivity index (χ2v) is 6.43. The van der Waals surface area contributed by atoms with E-state index in [0.717, 1.165) is 0 Å². The molecule has 1 amide bonds. The van der Waals surface area contributed by atoms with Crippen molar-refractivity contribution in [2.45, 2.75) is 38.4 Å². The molecule has 6 heteroatoms. The van der Waals surface area contributed by atoms with Gasteiger partial charge in [-0.05, 0) is 33.6 Å². The van der Waals surface area contributed by atoms with Gasteiger partial charge in [-0.2, -0.15) is 8.42 Å². The number of nitrogens with one attached hydrogen (secondary N) is 1. The highest BCUT2D eigenvalue weighted by atomic mass is 32.2. The second kappa shape index (κ2) is 5.45. The molecular weight excluding hydrogens is 230 g/mol. The minimum Gasteiger partial charge on any atom is -0.352 e. The van der Waals surface area contributed by atoms with Gasteiger partial charge >= 0.3 is 0 Å². The molecule has 0 radical (unpaired) electrons. The van der Waals surface area contributed by atoms with Crippen LogP contribution in [0.3, 0.4) is 0 Å². The van der Waals surface area contributed by atoms with Crippen molar-refractivity contribution in [3.05, 3.63) is 12.2 Å². The molecule has 5 nitrogen and oxygen atoms in total. The Kier molecular flexibility index (Phi) is 5.15. The van der Waals surface area contributed by atoms with Gasteiger partial charge in [-0.1, -0.05) is 6.58 Å². The van der Waals surface area contributed by atoms with Gasteiger partial charge in [-0.15, -0.1) is 0 Å². The zero-order valence-corrected chi connectivity index (χ0v) is 10.7. The number of rotatable bonds is 6. The zero-order chi connectivity index (χ0) is 13.0. The van der Waals surface area contributed by atoms with E-state index in [9.17, 15) is 13.2 Å². The highest BCUT2D eigenvalue weighted by Gasteiger charge is 2.31. The summed E-state index contributed by atoms with van der Waals surface area (Å²) < 4.78 is 29.6. The molecule has 94 valence electrons. The first kappa shape index (κ1) is 15.1. The van der Waals surface area contributed by atoms with Gasteiger partial charge in [0.1, 0.15) is 0 Å². The van der Waals surface area contributed by atoms with Gasteiger partial charge in [-0.25, -0.2) is 0 Å². The van der Waals surface area contributed by atoms with E-state index in [1.807, 2.05) is 0 Å². The van der Waals surface area contributed by atoms with Gasteiger partial charge in [-0.3, -0.25) is 9.35 Å². The van der Waals surface area contributed by atoms with Crippen LogP contribution in [0.1, 0.15) is 33.6 Å². The molecule has 0 aromatic heterocycles. The highest BCUT2D eigenvalue weighted by molar-refractivity contribution is 7.87. The standard InChI is InChI=1S/C10H19NO4S/c1-8(2)9(12)11-7-5-6-10(3,4)16(13,14)15/h1,5-7H2,2-4H3,(H,11,12)(H,13,14,15).